The maximum atomic E-state index is 12.5. The zero-order valence-corrected chi connectivity index (χ0v) is 13.6. The number of carboxylic acids is 1. The van der Waals surface area contributed by atoms with Crippen molar-refractivity contribution in [3.05, 3.63) is 65.5 Å². The predicted molar refractivity (Wildman–Crippen MR) is 89.6 cm³/mol. The fraction of sp³-hybridized carbons (Fsp3) is 0.316. The largest absolute Gasteiger partial charge is 0.481 e. The minimum Gasteiger partial charge on any atom is -0.481 e. The normalized spacial score (nSPS) is 20.1. The lowest BCUT2D eigenvalue weighted by Gasteiger charge is -2.16. The number of aryl methyl sites for hydroxylation is 1. The highest BCUT2D eigenvalue weighted by atomic mass is 16.4. The zero-order chi connectivity index (χ0) is 17.1. The molecule has 1 aromatic heterocycles. The number of carbonyl (C=O) groups excluding carboxylic acids is 1. The molecular weight excluding hydrogens is 304 g/mol. The van der Waals surface area contributed by atoms with Crippen LogP contribution < -0.4 is 0 Å². The summed E-state index contributed by atoms with van der Waals surface area (Å²) in [6.45, 7) is 2.60. The van der Waals surface area contributed by atoms with Crippen LogP contribution >= 0.6 is 0 Å². The van der Waals surface area contributed by atoms with Crippen LogP contribution in [0.5, 0.6) is 0 Å². The molecule has 1 saturated heterocycles. The van der Waals surface area contributed by atoms with E-state index in [4.69, 9.17) is 0 Å². The Kier molecular flexibility index (Phi) is 4.60. The van der Waals surface area contributed by atoms with Gasteiger partial charge in [-0.15, -0.1) is 0 Å². The van der Waals surface area contributed by atoms with E-state index in [0.717, 1.165) is 16.8 Å². The van der Waals surface area contributed by atoms with Gasteiger partial charge in [-0.25, -0.2) is 0 Å². The van der Waals surface area contributed by atoms with Crippen LogP contribution in [0.1, 0.15) is 22.7 Å². The Morgan fingerprint density at radius 3 is 2.54 bits per heavy atom. The lowest BCUT2D eigenvalue weighted by atomic mass is 9.89. The third kappa shape index (κ3) is 3.45. The highest BCUT2D eigenvalue weighted by Gasteiger charge is 2.40. The average Bonchev–Trinajstić information content (AvgIpc) is 3.03. The van der Waals surface area contributed by atoms with E-state index in [0.29, 0.717) is 6.54 Å². The Morgan fingerprint density at radius 2 is 1.92 bits per heavy atom. The lowest BCUT2D eigenvalue weighted by Crippen LogP contribution is -2.31. The van der Waals surface area contributed by atoms with Gasteiger partial charge in [0.2, 0.25) is 5.91 Å². The van der Waals surface area contributed by atoms with Crippen molar-refractivity contribution < 1.29 is 14.7 Å². The first-order valence-corrected chi connectivity index (χ1v) is 8.01. The van der Waals surface area contributed by atoms with Crippen molar-refractivity contribution >= 4 is 11.9 Å². The second-order valence-corrected chi connectivity index (χ2v) is 6.25. The van der Waals surface area contributed by atoms with Gasteiger partial charge in [-0.3, -0.25) is 14.6 Å². The molecule has 1 N–H and O–H groups in total. The van der Waals surface area contributed by atoms with Crippen molar-refractivity contribution in [3.8, 4) is 0 Å². The Bertz CT molecular complexity index is 728. The van der Waals surface area contributed by atoms with Crippen LogP contribution in [0.3, 0.4) is 0 Å². The average molecular weight is 324 g/mol. The number of likely N-dealkylation sites (tertiary alicyclic amines) is 1. The maximum absolute atomic E-state index is 12.5. The van der Waals surface area contributed by atoms with Gasteiger partial charge in [0.1, 0.15) is 0 Å². The number of hydrogen-bond donors (Lipinski definition) is 1. The van der Waals surface area contributed by atoms with Crippen LogP contribution in [-0.4, -0.2) is 40.0 Å². The van der Waals surface area contributed by atoms with E-state index < -0.39 is 11.9 Å². The number of nitrogens with zero attached hydrogens (tertiary/aromatic N) is 2. The summed E-state index contributed by atoms with van der Waals surface area (Å²) in [4.78, 5) is 30.0. The van der Waals surface area contributed by atoms with Crippen LogP contribution in [-0.2, 0) is 16.0 Å². The van der Waals surface area contributed by atoms with Gasteiger partial charge < -0.3 is 10.0 Å². The molecule has 1 fully saturated rings. The Labute approximate surface area is 140 Å². The van der Waals surface area contributed by atoms with Crippen molar-refractivity contribution in [1.29, 1.82) is 0 Å². The maximum Gasteiger partial charge on any atom is 0.308 e. The van der Waals surface area contributed by atoms with Crippen molar-refractivity contribution in [2.45, 2.75) is 19.3 Å². The van der Waals surface area contributed by atoms with Crippen molar-refractivity contribution in [2.24, 2.45) is 5.92 Å². The molecule has 1 aliphatic rings. The standard InChI is InChI=1S/C19H20N2O3/c1-13-7-8-14(10-20-13)9-18(22)21-11-16(17(12-21)19(23)24)15-5-3-2-4-6-15/h2-8,10,16-17H,9,11-12H2,1H3,(H,23,24). The highest BCUT2D eigenvalue weighted by molar-refractivity contribution is 5.81. The lowest BCUT2D eigenvalue weighted by molar-refractivity contribution is -0.141. The van der Waals surface area contributed by atoms with E-state index in [2.05, 4.69) is 4.98 Å². The molecule has 0 bridgehead atoms. The van der Waals surface area contributed by atoms with Gasteiger partial charge in [0.15, 0.2) is 0 Å². The van der Waals surface area contributed by atoms with Gasteiger partial charge in [0, 0.05) is 30.9 Å². The topological polar surface area (TPSA) is 70.5 Å². The second kappa shape index (κ2) is 6.83. The summed E-state index contributed by atoms with van der Waals surface area (Å²) < 4.78 is 0. The summed E-state index contributed by atoms with van der Waals surface area (Å²) in [5.41, 5.74) is 2.72. The van der Waals surface area contributed by atoms with Gasteiger partial charge in [-0.1, -0.05) is 36.4 Å². The summed E-state index contributed by atoms with van der Waals surface area (Å²) in [5.74, 6) is -1.63. The Morgan fingerprint density at radius 1 is 1.17 bits per heavy atom. The molecule has 1 amide bonds. The summed E-state index contributed by atoms with van der Waals surface area (Å²) in [6, 6.07) is 13.3. The first-order chi connectivity index (χ1) is 11.5. The van der Waals surface area contributed by atoms with Crippen LogP contribution in [0.4, 0.5) is 0 Å². The number of hydrogen-bond acceptors (Lipinski definition) is 3. The zero-order valence-electron chi connectivity index (χ0n) is 13.6. The van der Waals surface area contributed by atoms with Gasteiger partial charge in [-0.05, 0) is 24.1 Å². The summed E-state index contributed by atoms with van der Waals surface area (Å²) in [5, 5.41) is 9.52. The summed E-state index contributed by atoms with van der Waals surface area (Å²) in [6.07, 6.45) is 1.95. The summed E-state index contributed by atoms with van der Waals surface area (Å²) >= 11 is 0. The molecule has 0 saturated carbocycles. The van der Waals surface area contributed by atoms with Gasteiger partial charge in [0.25, 0.3) is 0 Å². The summed E-state index contributed by atoms with van der Waals surface area (Å²) in [7, 11) is 0. The minimum absolute atomic E-state index is 0.0506. The number of rotatable bonds is 4. The number of aliphatic carboxylic acids is 1. The molecule has 2 atom stereocenters. The van der Waals surface area contributed by atoms with Crippen LogP contribution in [0, 0.1) is 12.8 Å². The number of aromatic nitrogens is 1. The monoisotopic (exact) mass is 324 g/mol. The molecule has 24 heavy (non-hydrogen) atoms. The van der Waals surface area contributed by atoms with Gasteiger partial charge in [0.05, 0.1) is 12.3 Å². The van der Waals surface area contributed by atoms with Crippen LogP contribution in [0.15, 0.2) is 48.7 Å². The minimum atomic E-state index is -0.851. The fourth-order valence-corrected chi connectivity index (χ4v) is 3.19. The fourth-order valence-electron chi connectivity index (χ4n) is 3.19. The molecule has 1 aliphatic heterocycles. The number of carbonyl (C=O) groups is 2. The van der Waals surface area contributed by atoms with E-state index in [1.807, 2.05) is 49.4 Å². The van der Waals surface area contributed by atoms with Crippen LogP contribution in [0.25, 0.3) is 0 Å². The van der Waals surface area contributed by atoms with Gasteiger partial charge >= 0.3 is 5.97 Å². The molecule has 2 aromatic rings. The quantitative estimate of drug-likeness (QED) is 0.936. The van der Waals surface area contributed by atoms with E-state index in [1.54, 1.807) is 11.1 Å². The highest BCUT2D eigenvalue weighted by Crippen LogP contribution is 2.33. The molecule has 1 aromatic carbocycles. The van der Waals surface area contributed by atoms with Gasteiger partial charge in [-0.2, -0.15) is 0 Å². The molecule has 124 valence electrons. The van der Waals surface area contributed by atoms with E-state index in [1.165, 1.54) is 0 Å². The van der Waals surface area contributed by atoms with Crippen molar-refractivity contribution in [2.75, 3.05) is 13.1 Å². The molecule has 2 unspecified atom stereocenters. The number of carboxylic acid groups (broad SMARTS) is 1. The number of amides is 1. The molecule has 0 radical (unpaired) electrons. The molecule has 5 nitrogen and oxygen atoms in total. The predicted octanol–water partition coefficient (Wildman–Crippen LogP) is 2.26. The third-order valence-electron chi connectivity index (χ3n) is 4.55. The SMILES string of the molecule is Cc1ccc(CC(=O)N2CC(C(=O)O)C(c3ccccc3)C2)cn1. The first kappa shape index (κ1) is 16.2. The van der Waals surface area contributed by atoms with Crippen molar-refractivity contribution in [3.63, 3.8) is 0 Å². The Hall–Kier alpha value is -2.69. The second-order valence-electron chi connectivity index (χ2n) is 6.25. The Balaban J connectivity index is 1.74. The molecule has 5 heteroatoms. The molecule has 3 rings (SSSR count). The smallest absolute Gasteiger partial charge is 0.308 e. The molecule has 0 aliphatic carbocycles. The molecule has 0 spiro atoms. The first-order valence-electron chi connectivity index (χ1n) is 8.01. The third-order valence-corrected chi connectivity index (χ3v) is 4.55. The number of benzene rings is 1. The number of pyridine rings is 1. The van der Waals surface area contributed by atoms with Crippen molar-refractivity contribution in [1.82, 2.24) is 9.88 Å². The van der Waals surface area contributed by atoms with E-state index >= 15 is 0 Å². The van der Waals surface area contributed by atoms with E-state index in [9.17, 15) is 14.7 Å². The van der Waals surface area contributed by atoms with E-state index in [-0.39, 0.29) is 24.8 Å². The van der Waals surface area contributed by atoms with Crippen LogP contribution in [0.2, 0.25) is 0 Å². The molecule has 2 heterocycles. The molecular formula is C19H20N2O3.